The molecule has 0 aliphatic rings. The molecule has 0 aliphatic carbocycles. The molecule has 0 spiro atoms. The molecule has 0 fully saturated rings. The Kier molecular flexibility index (Phi) is 4.88. The van der Waals surface area contributed by atoms with E-state index in [2.05, 4.69) is 26.1 Å². The Hall–Kier alpha value is -1.27. The first-order valence-electron chi connectivity index (χ1n) is 6.41. The van der Waals surface area contributed by atoms with Crippen LogP contribution in [0.1, 0.15) is 26.2 Å². The van der Waals surface area contributed by atoms with Crippen molar-refractivity contribution in [1.29, 1.82) is 0 Å². The molecule has 6 heteroatoms. The number of benzene rings is 1. The molecule has 4 nitrogen and oxygen atoms in total. The number of aromatic nitrogens is 2. The third-order valence-corrected chi connectivity index (χ3v) is 3.45. The largest absolute Gasteiger partial charge is 0.393 e. The fraction of sp³-hybridized carbons (Fsp3) is 0.429. The molecule has 0 bridgehead atoms. The van der Waals surface area contributed by atoms with Crippen molar-refractivity contribution < 1.29 is 14.0 Å². The van der Waals surface area contributed by atoms with Gasteiger partial charge in [-0.25, -0.2) is 4.39 Å². The van der Waals surface area contributed by atoms with Crippen LogP contribution in [0.2, 0.25) is 0 Å². The minimum absolute atomic E-state index is 0.323. The first-order chi connectivity index (χ1) is 9.45. The van der Waals surface area contributed by atoms with E-state index in [9.17, 15) is 9.50 Å². The maximum atomic E-state index is 13.0. The molecule has 1 aromatic heterocycles. The zero-order valence-corrected chi connectivity index (χ0v) is 12.9. The van der Waals surface area contributed by atoms with Crippen LogP contribution in [0, 0.1) is 11.7 Å². The van der Waals surface area contributed by atoms with Crippen LogP contribution in [0.3, 0.4) is 0 Å². The van der Waals surface area contributed by atoms with Gasteiger partial charge in [0.25, 0.3) is 0 Å². The Morgan fingerprint density at radius 3 is 2.80 bits per heavy atom. The van der Waals surface area contributed by atoms with Crippen LogP contribution >= 0.6 is 15.9 Å². The second-order valence-electron chi connectivity index (χ2n) is 5.12. The quantitative estimate of drug-likeness (QED) is 0.901. The highest BCUT2D eigenvalue weighted by molar-refractivity contribution is 9.10. The zero-order chi connectivity index (χ0) is 14.7. The molecule has 2 aromatic rings. The summed E-state index contributed by atoms with van der Waals surface area (Å²) in [5.41, 5.74) is 0.653. The van der Waals surface area contributed by atoms with Gasteiger partial charge in [-0.1, -0.05) is 19.0 Å². The number of nitrogens with zero attached hydrogens (tertiary/aromatic N) is 2. The standard InChI is InChI=1S/C14H16BrFN2O2/c1-8(2)5-10(19)7-13-17-14(18-20-13)11-4-3-9(16)6-12(11)15/h3-4,6,8,10,19H,5,7H2,1-2H3. The van der Waals surface area contributed by atoms with Gasteiger partial charge in [-0.3, -0.25) is 0 Å². The van der Waals surface area contributed by atoms with E-state index in [0.29, 0.717) is 40.5 Å². The van der Waals surface area contributed by atoms with E-state index >= 15 is 0 Å². The molecule has 1 unspecified atom stereocenters. The van der Waals surface area contributed by atoms with Gasteiger partial charge in [0.15, 0.2) is 0 Å². The average Bonchev–Trinajstić information content (AvgIpc) is 2.75. The predicted octanol–water partition coefficient (Wildman–Crippen LogP) is 3.59. The molecule has 0 saturated carbocycles. The predicted molar refractivity (Wildman–Crippen MR) is 76.6 cm³/mol. The van der Waals surface area contributed by atoms with Gasteiger partial charge in [-0.2, -0.15) is 4.98 Å². The molecule has 108 valence electrons. The Labute approximate surface area is 125 Å². The van der Waals surface area contributed by atoms with Crippen LogP contribution in [-0.4, -0.2) is 21.4 Å². The molecule has 1 N–H and O–H groups in total. The summed E-state index contributed by atoms with van der Waals surface area (Å²) in [7, 11) is 0. The smallest absolute Gasteiger partial charge is 0.229 e. The van der Waals surface area contributed by atoms with Gasteiger partial charge in [0, 0.05) is 10.0 Å². The van der Waals surface area contributed by atoms with E-state index in [4.69, 9.17) is 4.52 Å². The number of halogens is 2. The lowest BCUT2D eigenvalue weighted by molar-refractivity contribution is 0.138. The van der Waals surface area contributed by atoms with Gasteiger partial charge in [0.1, 0.15) is 5.82 Å². The SMILES string of the molecule is CC(C)CC(O)Cc1nc(-c2ccc(F)cc2Br)no1. The van der Waals surface area contributed by atoms with Crippen molar-refractivity contribution in [2.45, 2.75) is 32.8 Å². The van der Waals surface area contributed by atoms with Gasteiger partial charge in [0.05, 0.1) is 12.5 Å². The number of aliphatic hydroxyl groups excluding tert-OH is 1. The van der Waals surface area contributed by atoms with Crippen molar-refractivity contribution in [3.05, 3.63) is 34.4 Å². The van der Waals surface area contributed by atoms with Crippen molar-refractivity contribution in [3.8, 4) is 11.4 Å². The van der Waals surface area contributed by atoms with Crippen molar-refractivity contribution >= 4 is 15.9 Å². The van der Waals surface area contributed by atoms with Crippen molar-refractivity contribution in [1.82, 2.24) is 10.1 Å². The van der Waals surface area contributed by atoms with Crippen LogP contribution in [0.4, 0.5) is 4.39 Å². The van der Waals surface area contributed by atoms with Gasteiger partial charge in [0.2, 0.25) is 11.7 Å². The highest BCUT2D eigenvalue weighted by Crippen LogP contribution is 2.26. The van der Waals surface area contributed by atoms with E-state index in [0.717, 1.165) is 0 Å². The van der Waals surface area contributed by atoms with Gasteiger partial charge < -0.3 is 9.63 Å². The molecule has 0 saturated heterocycles. The zero-order valence-electron chi connectivity index (χ0n) is 11.3. The monoisotopic (exact) mass is 342 g/mol. The molecule has 0 aliphatic heterocycles. The van der Waals surface area contributed by atoms with Gasteiger partial charge >= 0.3 is 0 Å². The maximum Gasteiger partial charge on any atom is 0.229 e. The first kappa shape index (κ1) is 15.1. The molecule has 0 amide bonds. The highest BCUT2D eigenvalue weighted by atomic mass is 79.9. The van der Waals surface area contributed by atoms with Crippen LogP contribution < -0.4 is 0 Å². The van der Waals surface area contributed by atoms with Crippen LogP contribution in [-0.2, 0) is 6.42 Å². The summed E-state index contributed by atoms with van der Waals surface area (Å²) in [5.74, 6) is 0.823. The minimum Gasteiger partial charge on any atom is -0.393 e. The lowest BCUT2D eigenvalue weighted by Crippen LogP contribution is -2.13. The third kappa shape index (κ3) is 3.86. The maximum absolute atomic E-state index is 13.0. The van der Waals surface area contributed by atoms with Crippen molar-refractivity contribution in [3.63, 3.8) is 0 Å². The molecule has 20 heavy (non-hydrogen) atoms. The number of rotatable bonds is 5. The summed E-state index contributed by atoms with van der Waals surface area (Å²) in [6.07, 6.45) is 0.502. The van der Waals surface area contributed by atoms with Crippen molar-refractivity contribution in [2.75, 3.05) is 0 Å². The van der Waals surface area contributed by atoms with Crippen molar-refractivity contribution in [2.24, 2.45) is 5.92 Å². The Balaban J connectivity index is 2.12. The van der Waals surface area contributed by atoms with E-state index in [1.807, 2.05) is 13.8 Å². The Morgan fingerprint density at radius 1 is 1.40 bits per heavy atom. The summed E-state index contributed by atoms with van der Waals surface area (Å²) in [6, 6.07) is 4.27. The fourth-order valence-corrected chi connectivity index (χ4v) is 2.48. The Morgan fingerprint density at radius 2 is 2.15 bits per heavy atom. The Bertz CT molecular complexity index is 586. The molecular formula is C14H16BrFN2O2. The molecule has 1 aromatic carbocycles. The van der Waals surface area contributed by atoms with Crippen LogP contribution in [0.5, 0.6) is 0 Å². The first-order valence-corrected chi connectivity index (χ1v) is 7.21. The molecule has 0 radical (unpaired) electrons. The van der Waals surface area contributed by atoms with Gasteiger partial charge in [-0.15, -0.1) is 0 Å². The molecule has 1 atom stereocenters. The van der Waals surface area contributed by atoms with E-state index in [-0.39, 0.29) is 5.82 Å². The topological polar surface area (TPSA) is 59.2 Å². The summed E-state index contributed by atoms with van der Waals surface area (Å²) in [6.45, 7) is 4.08. The van der Waals surface area contributed by atoms with E-state index in [1.54, 1.807) is 6.07 Å². The summed E-state index contributed by atoms with van der Waals surface area (Å²) >= 11 is 3.27. The molecule has 2 rings (SSSR count). The normalized spacial score (nSPS) is 12.9. The minimum atomic E-state index is -0.500. The fourth-order valence-electron chi connectivity index (χ4n) is 1.95. The molecular weight excluding hydrogens is 327 g/mol. The lowest BCUT2D eigenvalue weighted by atomic mass is 10.0. The average molecular weight is 343 g/mol. The molecule has 1 heterocycles. The van der Waals surface area contributed by atoms with E-state index < -0.39 is 6.10 Å². The second-order valence-corrected chi connectivity index (χ2v) is 5.98. The third-order valence-electron chi connectivity index (χ3n) is 2.79. The summed E-state index contributed by atoms with van der Waals surface area (Å²) < 4.78 is 18.7. The number of hydrogen-bond acceptors (Lipinski definition) is 4. The highest BCUT2D eigenvalue weighted by Gasteiger charge is 2.16. The summed E-state index contributed by atoms with van der Waals surface area (Å²) in [5, 5.41) is 13.7. The number of hydrogen-bond donors (Lipinski definition) is 1. The number of aliphatic hydroxyl groups is 1. The second kappa shape index (κ2) is 6.45. The van der Waals surface area contributed by atoms with Gasteiger partial charge in [-0.05, 0) is 46.5 Å². The summed E-state index contributed by atoms with van der Waals surface area (Å²) in [4.78, 5) is 4.23. The van der Waals surface area contributed by atoms with Crippen LogP contribution in [0.25, 0.3) is 11.4 Å². The lowest BCUT2D eigenvalue weighted by Gasteiger charge is -2.09. The van der Waals surface area contributed by atoms with Crippen LogP contribution in [0.15, 0.2) is 27.2 Å². The van der Waals surface area contributed by atoms with E-state index in [1.165, 1.54) is 12.1 Å².